The Kier molecular flexibility index (Phi) is 3.89. The van der Waals surface area contributed by atoms with Gasteiger partial charge >= 0.3 is 5.63 Å². The number of rotatable bonds is 3. The summed E-state index contributed by atoms with van der Waals surface area (Å²) in [5.41, 5.74) is 3.00. The molecule has 128 valence electrons. The second-order valence-electron chi connectivity index (χ2n) is 6.05. The van der Waals surface area contributed by atoms with E-state index in [2.05, 4.69) is 5.32 Å². The molecule has 4 aromatic rings. The van der Waals surface area contributed by atoms with Gasteiger partial charge in [0.1, 0.15) is 5.58 Å². The van der Waals surface area contributed by atoms with Crippen molar-refractivity contribution in [1.29, 1.82) is 0 Å². The van der Waals surface area contributed by atoms with Gasteiger partial charge in [-0.1, -0.05) is 0 Å². The highest BCUT2D eigenvalue weighted by atomic mass is 16.4. The Morgan fingerprint density at radius 2 is 1.73 bits per heavy atom. The van der Waals surface area contributed by atoms with E-state index in [-0.39, 0.29) is 5.91 Å². The zero-order chi connectivity index (χ0) is 18.1. The predicted octanol–water partition coefficient (Wildman–Crippen LogP) is 4.14. The Hall–Kier alpha value is -3.60. The molecule has 2 aromatic carbocycles. The molecule has 0 radical (unpaired) electrons. The molecular weight excluding hydrogens is 328 g/mol. The van der Waals surface area contributed by atoms with E-state index < -0.39 is 5.63 Å². The third-order valence-electron chi connectivity index (χ3n) is 4.24. The standard InChI is InChI=1S/C21H16N2O3/c1-14-12-20(24)26-19-13-16(6-9-18(14)19)22-21(25)15-4-7-17(8-5-15)23-10-2-3-11-23/h2-13H,1H3,(H,22,25). The molecule has 0 spiro atoms. The lowest BCUT2D eigenvalue weighted by atomic mass is 10.1. The third kappa shape index (κ3) is 3.02. The van der Waals surface area contributed by atoms with Crippen molar-refractivity contribution in [3.05, 3.63) is 94.6 Å². The number of anilines is 1. The minimum atomic E-state index is -0.404. The molecule has 0 saturated heterocycles. The molecule has 1 N–H and O–H groups in total. The van der Waals surface area contributed by atoms with E-state index in [0.717, 1.165) is 16.6 Å². The number of nitrogens with zero attached hydrogens (tertiary/aromatic N) is 1. The smallest absolute Gasteiger partial charge is 0.336 e. The van der Waals surface area contributed by atoms with Crippen LogP contribution in [0.15, 0.2) is 82.3 Å². The molecule has 2 aromatic heterocycles. The monoisotopic (exact) mass is 344 g/mol. The number of nitrogens with one attached hydrogen (secondary N) is 1. The number of aromatic nitrogens is 1. The summed E-state index contributed by atoms with van der Waals surface area (Å²) in [5, 5.41) is 3.68. The fourth-order valence-electron chi connectivity index (χ4n) is 2.90. The van der Waals surface area contributed by atoms with Gasteiger partial charge in [0.05, 0.1) is 0 Å². The number of hydrogen-bond acceptors (Lipinski definition) is 3. The van der Waals surface area contributed by atoms with Gasteiger partial charge < -0.3 is 14.3 Å². The molecule has 0 aliphatic rings. The molecule has 0 aliphatic heterocycles. The molecule has 0 bridgehead atoms. The molecule has 0 saturated carbocycles. The van der Waals surface area contributed by atoms with E-state index in [9.17, 15) is 9.59 Å². The summed E-state index contributed by atoms with van der Waals surface area (Å²) in [6.07, 6.45) is 3.89. The Morgan fingerprint density at radius 3 is 2.46 bits per heavy atom. The first kappa shape index (κ1) is 15.9. The van der Waals surface area contributed by atoms with Crippen molar-refractivity contribution in [1.82, 2.24) is 4.57 Å². The average molecular weight is 344 g/mol. The van der Waals surface area contributed by atoms with Crippen molar-refractivity contribution < 1.29 is 9.21 Å². The van der Waals surface area contributed by atoms with Crippen LogP contribution < -0.4 is 10.9 Å². The van der Waals surface area contributed by atoms with Crippen molar-refractivity contribution in [3.8, 4) is 5.69 Å². The van der Waals surface area contributed by atoms with Gasteiger partial charge in [0, 0.05) is 46.9 Å². The molecule has 0 atom stereocenters. The van der Waals surface area contributed by atoms with Crippen LogP contribution in [0.2, 0.25) is 0 Å². The Morgan fingerprint density at radius 1 is 1.00 bits per heavy atom. The topological polar surface area (TPSA) is 64.2 Å². The maximum atomic E-state index is 12.5. The van der Waals surface area contributed by atoms with E-state index in [0.29, 0.717) is 16.8 Å². The summed E-state index contributed by atoms with van der Waals surface area (Å²) in [6, 6.07) is 17.9. The SMILES string of the molecule is Cc1cc(=O)oc2cc(NC(=O)c3ccc(-n4cccc4)cc3)ccc12. The second-order valence-corrected chi connectivity index (χ2v) is 6.05. The first-order valence-electron chi connectivity index (χ1n) is 8.19. The van der Waals surface area contributed by atoms with Crippen molar-refractivity contribution in [2.75, 3.05) is 5.32 Å². The number of carbonyl (C=O) groups excluding carboxylic acids is 1. The van der Waals surface area contributed by atoms with Gasteiger partial charge in [-0.25, -0.2) is 4.79 Å². The quantitative estimate of drug-likeness (QED) is 0.568. The summed E-state index contributed by atoms with van der Waals surface area (Å²) >= 11 is 0. The fourth-order valence-corrected chi connectivity index (χ4v) is 2.90. The molecule has 5 nitrogen and oxygen atoms in total. The lowest BCUT2D eigenvalue weighted by Gasteiger charge is -2.08. The van der Waals surface area contributed by atoms with E-state index in [1.54, 1.807) is 24.3 Å². The highest BCUT2D eigenvalue weighted by Crippen LogP contribution is 2.21. The minimum absolute atomic E-state index is 0.224. The van der Waals surface area contributed by atoms with Crippen molar-refractivity contribution >= 4 is 22.6 Å². The highest BCUT2D eigenvalue weighted by molar-refractivity contribution is 6.05. The van der Waals surface area contributed by atoms with Crippen LogP contribution in [0.3, 0.4) is 0 Å². The molecule has 0 aliphatic carbocycles. The van der Waals surface area contributed by atoms with Gasteiger partial charge in [0.25, 0.3) is 5.91 Å². The van der Waals surface area contributed by atoms with Crippen molar-refractivity contribution in [3.63, 3.8) is 0 Å². The predicted molar refractivity (Wildman–Crippen MR) is 101 cm³/mol. The molecule has 1 amide bonds. The molecule has 4 rings (SSSR count). The summed E-state index contributed by atoms with van der Waals surface area (Å²) in [4.78, 5) is 24.0. The normalized spacial score (nSPS) is 10.8. The Labute approximate surface area is 149 Å². The van der Waals surface area contributed by atoms with Gasteiger partial charge in [-0.2, -0.15) is 0 Å². The molecular formula is C21H16N2O3. The number of aryl methyl sites for hydroxylation is 1. The van der Waals surface area contributed by atoms with Crippen molar-refractivity contribution in [2.45, 2.75) is 6.92 Å². The molecule has 0 fully saturated rings. The zero-order valence-electron chi connectivity index (χ0n) is 14.1. The van der Waals surface area contributed by atoms with E-state index >= 15 is 0 Å². The molecule has 5 heteroatoms. The van der Waals surface area contributed by atoms with Gasteiger partial charge in [0.2, 0.25) is 0 Å². The van der Waals surface area contributed by atoms with Crippen LogP contribution >= 0.6 is 0 Å². The van der Waals surface area contributed by atoms with Gasteiger partial charge in [-0.3, -0.25) is 4.79 Å². The van der Waals surface area contributed by atoms with Gasteiger partial charge in [-0.05, 0) is 61.0 Å². The highest BCUT2D eigenvalue weighted by Gasteiger charge is 2.09. The largest absolute Gasteiger partial charge is 0.423 e. The zero-order valence-corrected chi connectivity index (χ0v) is 14.1. The van der Waals surface area contributed by atoms with Crippen molar-refractivity contribution in [2.24, 2.45) is 0 Å². The van der Waals surface area contributed by atoms with Crippen LogP contribution in [-0.4, -0.2) is 10.5 Å². The van der Waals surface area contributed by atoms with Crippen LogP contribution in [0.25, 0.3) is 16.7 Å². The first-order valence-corrected chi connectivity index (χ1v) is 8.19. The first-order chi connectivity index (χ1) is 12.6. The molecule has 2 heterocycles. The Bertz CT molecular complexity index is 1140. The van der Waals surface area contributed by atoms with Crippen LogP contribution in [0.1, 0.15) is 15.9 Å². The summed E-state index contributed by atoms with van der Waals surface area (Å²) in [7, 11) is 0. The number of fused-ring (bicyclic) bond motifs is 1. The summed E-state index contributed by atoms with van der Waals surface area (Å²) in [6.45, 7) is 1.85. The van der Waals surface area contributed by atoms with Crippen LogP contribution in [0.5, 0.6) is 0 Å². The summed E-state index contributed by atoms with van der Waals surface area (Å²) in [5.74, 6) is -0.224. The average Bonchev–Trinajstić information content (AvgIpc) is 3.16. The number of carbonyl (C=O) groups is 1. The molecule has 0 unspecified atom stereocenters. The molecule has 26 heavy (non-hydrogen) atoms. The fraction of sp³-hybridized carbons (Fsp3) is 0.0476. The van der Waals surface area contributed by atoms with Crippen LogP contribution in [0.4, 0.5) is 5.69 Å². The maximum Gasteiger partial charge on any atom is 0.336 e. The van der Waals surface area contributed by atoms with E-state index in [4.69, 9.17) is 4.42 Å². The van der Waals surface area contributed by atoms with E-state index in [1.165, 1.54) is 6.07 Å². The van der Waals surface area contributed by atoms with Gasteiger partial charge in [-0.15, -0.1) is 0 Å². The number of amides is 1. The number of hydrogen-bond donors (Lipinski definition) is 1. The maximum absolute atomic E-state index is 12.5. The van der Waals surface area contributed by atoms with Gasteiger partial charge in [0.15, 0.2) is 0 Å². The second kappa shape index (κ2) is 6.37. The lowest BCUT2D eigenvalue weighted by molar-refractivity contribution is 0.102. The Balaban J connectivity index is 1.58. The lowest BCUT2D eigenvalue weighted by Crippen LogP contribution is -2.12. The van der Waals surface area contributed by atoms with E-state index in [1.807, 2.05) is 54.2 Å². The summed E-state index contributed by atoms with van der Waals surface area (Å²) < 4.78 is 7.19. The third-order valence-corrected chi connectivity index (χ3v) is 4.24. The number of benzene rings is 2. The van der Waals surface area contributed by atoms with Crippen LogP contribution in [0, 0.1) is 6.92 Å². The van der Waals surface area contributed by atoms with Crippen LogP contribution in [-0.2, 0) is 0 Å². The minimum Gasteiger partial charge on any atom is -0.423 e.